The minimum Gasteiger partial charge on any atom is -0.381 e. The second kappa shape index (κ2) is 7.31. The number of aromatic nitrogens is 3. The number of para-hydroxylation sites is 1. The Balaban J connectivity index is 1.59. The van der Waals surface area contributed by atoms with Crippen LogP contribution in [0.4, 0.5) is 5.69 Å². The van der Waals surface area contributed by atoms with E-state index >= 15 is 0 Å². The first-order valence-corrected chi connectivity index (χ1v) is 8.96. The Kier molecular flexibility index (Phi) is 4.73. The zero-order valence-electron chi connectivity index (χ0n) is 14.5. The van der Waals surface area contributed by atoms with Crippen molar-refractivity contribution in [2.24, 2.45) is 17.6 Å². The molecule has 7 nitrogen and oxygen atoms in total. The summed E-state index contributed by atoms with van der Waals surface area (Å²) in [6.45, 7) is 1.75. The first-order valence-electron chi connectivity index (χ1n) is 8.96. The molecule has 26 heavy (non-hydrogen) atoms. The van der Waals surface area contributed by atoms with Crippen LogP contribution >= 0.6 is 0 Å². The van der Waals surface area contributed by atoms with Gasteiger partial charge in [-0.2, -0.15) is 5.10 Å². The van der Waals surface area contributed by atoms with E-state index in [9.17, 15) is 4.79 Å². The highest BCUT2D eigenvalue weighted by atomic mass is 16.5. The summed E-state index contributed by atoms with van der Waals surface area (Å²) in [4.78, 5) is 16.1. The molecule has 0 spiro atoms. The average molecular weight is 353 g/mol. The van der Waals surface area contributed by atoms with Crippen LogP contribution in [0, 0.1) is 11.8 Å². The molecule has 1 fully saturated rings. The number of fused-ring (bicyclic) bond motifs is 1. The fraction of sp³-hybridized carbons (Fsp3) is 0.368. The van der Waals surface area contributed by atoms with Crippen molar-refractivity contribution in [2.75, 3.05) is 25.1 Å². The number of nitrogens with two attached hydrogens (primary N) is 1. The second-order valence-corrected chi connectivity index (χ2v) is 6.70. The fourth-order valence-corrected chi connectivity index (χ4v) is 3.75. The molecule has 1 atom stereocenters. The maximum Gasteiger partial charge on any atom is 0.229 e. The van der Waals surface area contributed by atoms with Crippen molar-refractivity contribution in [1.82, 2.24) is 15.2 Å². The van der Waals surface area contributed by atoms with Gasteiger partial charge in [-0.05, 0) is 24.8 Å². The SMILES string of the molecule is NC[C@H](C(=O)Nc1cccc2c(-c3cn[nH]c3)c[nH]c12)C1CCOCC1. The predicted octanol–water partition coefficient (Wildman–Crippen LogP) is 2.50. The summed E-state index contributed by atoms with van der Waals surface area (Å²) in [5, 5.41) is 11.0. The molecule has 1 aliphatic rings. The molecule has 3 heterocycles. The third-order valence-corrected chi connectivity index (χ3v) is 5.21. The van der Waals surface area contributed by atoms with E-state index in [0.717, 1.165) is 40.6 Å². The third kappa shape index (κ3) is 3.11. The van der Waals surface area contributed by atoms with Crippen molar-refractivity contribution in [3.05, 3.63) is 36.8 Å². The van der Waals surface area contributed by atoms with Crippen LogP contribution in [0.25, 0.3) is 22.0 Å². The van der Waals surface area contributed by atoms with Gasteiger partial charge in [-0.25, -0.2) is 0 Å². The van der Waals surface area contributed by atoms with Crippen LogP contribution in [-0.2, 0) is 9.53 Å². The van der Waals surface area contributed by atoms with Gasteiger partial charge >= 0.3 is 0 Å². The minimum absolute atomic E-state index is 0.0219. The number of ether oxygens (including phenoxy) is 1. The van der Waals surface area contributed by atoms with Gasteiger partial charge in [0.25, 0.3) is 0 Å². The van der Waals surface area contributed by atoms with Crippen LogP contribution in [0.2, 0.25) is 0 Å². The standard InChI is InChI=1S/C19H23N5O2/c20-8-15(12-4-6-26-7-5-12)19(25)24-17-3-1-2-14-16(11-21-18(14)17)13-9-22-23-10-13/h1-3,9-12,15,21H,4-8,20H2,(H,22,23)(H,24,25)/t15-/m0/s1. The number of anilines is 1. The van der Waals surface area contributed by atoms with E-state index in [-0.39, 0.29) is 17.7 Å². The van der Waals surface area contributed by atoms with Gasteiger partial charge < -0.3 is 20.8 Å². The number of rotatable bonds is 5. The number of nitrogens with one attached hydrogen (secondary N) is 3. The Hall–Kier alpha value is -2.64. The van der Waals surface area contributed by atoms with E-state index < -0.39 is 0 Å². The van der Waals surface area contributed by atoms with Crippen LogP contribution in [0.15, 0.2) is 36.8 Å². The molecule has 0 unspecified atom stereocenters. The maximum absolute atomic E-state index is 12.9. The van der Waals surface area contributed by atoms with Crippen molar-refractivity contribution in [2.45, 2.75) is 12.8 Å². The lowest BCUT2D eigenvalue weighted by Gasteiger charge is -2.28. The number of amides is 1. The zero-order chi connectivity index (χ0) is 17.9. The van der Waals surface area contributed by atoms with E-state index in [4.69, 9.17) is 10.5 Å². The number of hydrogen-bond acceptors (Lipinski definition) is 4. The van der Waals surface area contributed by atoms with Gasteiger partial charge in [-0.15, -0.1) is 0 Å². The lowest BCUT2D eigenvalue weighted by molar-refractivity contribution is -0.122. The number of carbonyl (C=O) groups excluding carboxylic acids is 1. The summed E-state index contributed by atoms with van der Waals surface area (Å²) in [5.74, 6) is 0.0573. The highest BCUT2D eigenvalue weighted by Crippen LogP contribution is 2.32. The number of hydrogen-bond donors (Lipinski definition) is 4. The first-order chi connectivity index (χ1) is 12.8. The molecular weight excluding hydrogens is 330 g/mol. The van der Waals surface area contributed by atoms with Gasteiger partial charge in [0.1, 0.15) is 0 Å². The number of aromatic amines is 2. The summed E-state index contributed by atoms with van der Waals surface area (Å²) in [6.07, 6.45) is 7.33. The summed E-state index contributed by atoms with van der Waals surface area (Å²) >= 11 is 0. The summed E-state index contributed by atoms with van der Waals surface area (Å²) in [6, 6.07) is 5.89. The van der Waals surface area contributed by atoms with Crippen LogP contribution in [0.1, 0.15) is 12.8 Å². The van der Waals surface area contributed by atoms with Crippen molar-refractivity contribution < 1.29 is 9.53 Å². The number of carbonyl (C=O) groups is 1. The normalized spacial score (nSPS) is 16.7. The average Bonchev–Trinajstić information content (AvgIpc) is 3.33. The van der Waals surface area contributed by atoms with E-state index in [0.29, 0.717) is 19.8 Å². The van der Waals surface area contributed by atoms with Crippen molar-refractivity contribution in [1.29, 1.82) is 0 Å². The van der Waals surface area contributed by atoms with E-state index in [1.54, 1.807) is 6.20 Å². The largest absolute Gasteiger partial charge is 0.381 e. The fourth-order valence-electron chi connectivity index (χ4n) is 3.75. The molecule has 0 radical (unpaired) electrons. The Morgan fingerprint density at radius 3 is 2.92 bits per heavy atom. The van der Waals surface area contributed by atoms with Crippen molar-refractivity contribution >= 4 is 22.5 Å². The Bertz CT molecular complexity index is 881. The monoisotopic (exact) mass is 353 g/mol. The van der Waals surface area contributed by atoms with Gasteiger partial charge in [-0.3, -0.25) is 9.89 Å². The van der Waals surface area contributed by atoms with Crippen LogP contribution in [0.5, 0.6) is 0 Å². The second-order valence-electron chi connectivity index (χ2n) is 6.70. The van der Waals surface area contributed by atoms with E-state index in [2.05, 4.69) is 20.5 Å². The number of nitrogens with zero attached hydrogens (tertiary/aromatic N) is 1. The molecule has 2 aromatic heterocycles. The van der Waals surface area contributed by atoms with Gasteiger partial charge in [0.05, 0.1) is 23.3 Å². The predicted molar refractivity (Wildman–Crippen MR) is 101 cm³/mol. The van der Waals surface area contributed by atoms with Gasteiger partial charge in [0.15, 0.2) is 0 Å². The summed E-state index contributed by atoms with van der Waals surface area (Å²) in [5.41, 5.74) is 9.64. The molecule has 0 bridgehead atoms. The molecule has 136 valence electrons. The van der Waals surface area contributed by atoms with Crippen LogP contribution in [-0.4, -0.2) is 40.8 Å². The molecule has 1 saturated heterocycles. The smallest absolute Gasteiger partial charge is 0.229 e. The van der Waals surface area contributed by atoms with Crippen molar-refractivity contribution in [3.63, 3.8) is 0 Å². The molecular formula is C19H23N5O2. The zero-order valence-corrected chi connectivity index (χ0v) is 14.5. The van der Waals surface area contributed by atoms with Crippen molar-refractivity contribution in [3.8, 4) is 11.1 Å². The Morgan fingerprint density at radius 1 is 1.35 bits per heavy atom. The van der Waals surface area contributed by atoms with Crippen LogP contribution in [0.3, 0.4) is 0 Å². The summed E-state index contributed by atoms with van der Waals surface area (Å²) < 4.78 is 5.40. The quantitative estimate of drug-likeness (QED) is 0.565. The molecule has 1 aromatic carbocycles. The Morgan fingerprint density at radius 2 is 2.19 bits per heavy atom. The molecule has 0 aliphatic carbocycles. The van der Waals surface area contributed by atoms with Gasteiger partial charge in [0, 0.05) is 48.7 Å². The highest BCUT2D eigenvalue weighted by molar-refractivity contribution is 6.06. The number of H-pyrrole nitrogens is 2. The molecule has 5 N–H and O–H groups in total. The van der Waals surface area contributed by atoms with Gasteiger partial charge in [-0.1, -0.05) is 12.1 Å². The molecule has 3 aromatic rings. The Labute approximate surface area is 151 Å². The minimum atomic E-state index is -0.197. The molecule has 0 saturated carbocycles. The molecule has 1 amide bonds. The summed E-state index contributed by atoms with van der Waals surface area (Å²) in [7, 11) is 0. The lowest BCUT2D eigenvalue weighted by atomic mass is 9.85. The maximum atomic E-state index is 12.9. The topological polar surface area (TPSA) is 109 Å². The first kappa shape index (κ1) is 16.8. The van der Waals surface area contributed by atoms with Gasteiger partial charge in [0.2, 0.25) is 5.91 Å². The lowest BCUT2D eigenvalue weighted by Crippen LogP contribution is -2.37. The molecule has 1 aliphatic heterocycles. The molecule has 4 rings (SSSR count). The molecule has 7 heteroatoms. The number of benzene rings is 1. The third-order valence-electron chi connectivity index (χ3n) is 5.21. The van der Waals surface area contributed by atoms with Crippen LogP contribution < -0.4 is 11.1 Å². The highest BCUT2D eigenvalue weighted by Gasteiger charge is 2.29. The van der Waals surface area contributed by atoms with E-state index in [1.807, 2.05) is 30.6 Å². The van der Waals surface area contributed by atoms with E-state index in [1.165, 1.54) is 0 Å².